The zero-order valence-corrected chi connectivity index (χ0v) is 47.3. The first-order chi connectivity index (χ1) is 35.3. The summed E-state index contributed by atoms with van der Waals surface area (Å²) < 4.78 is 0. The fourth-order valence-corrected chi connectivity index (χ4v) is 8.43. The van der Waals surface area contributed by atoms with Crippen LogP contribution in [0.5, 0.6) is 0 Å². The molecular formula is C51H100N14O9S. The quantitative estimate of drug-likeness (QED) is 0.0266. The Labute approximate surface area is 452 Å². The Bertz CT molecular complexity index is 1740. The highest BCUT2D eigenvalue weighted by atomic mass is 32.1. The SMILES string of the molecule is CC(C)C[C@H](NC(=O)[C@H](CC(C)C)NC(=O)[C@H](CCCCN)NC(=O)[C@H](CCCCN)NC(=O)[C@H](CC(C)C)NC(=O)[C@@H](N)CC(C)C)C(=O)N[C@@H](CCCCN)C(=O)N[C@@H](CCCCN)C(=O)N[C@@H](CS)C(N)=O. The molecule has 0 aromatic rings. The number of amides is 9. The van der Waals surface area contributed by atoms with Crippen molar-refractivity contribution in [1.82, 2.24) is 42.5 Å². The average molecular weight is 1090 g/mol. The molecule has 0 aromatic heterocycles. The second-order valence-electron chi connectivity index (χ2n) is 21.3. The Hall–Kier alpha value is -4.62. The number of rotatable bonds is 42. The van der Waals surface area contributed by atoms with Gasteiger partial charge in [0, 0.05) is 5.75 Å². The Morgan fingerprint density at radius 1 is 0.333 bits per heavy atom. The normalized spacial score (nSPS) is 15.1. The first-order valence-corrected chi connectivity index (χ1v) is 27.9. The molecule has 0 aromatic carbocycles. The molecule has 0 bridgehead atoms. The van der Waals surface area contributed by atoms with Gasteiger partial charge in [0.15, 0.2) is 0 Å². The van der Waals surface area contributed by atoms with Crippen LogP contribution in [0, 0.1) is 23.7 Å². The Balaban J connectivity index is 6.79. The van der Waals surface area contributed by atoms with Crippen LogP contribution in [0.3, 0.4) is 0 Å². The smallest absolute Gasteiger partial charge is 0.243 e. The topological polar surface area (TPSA) is 406 Å². The highest BCUT2D eigenvalue weighted by Crippen LogP contribution is 2.14. The van der Waals surface area contributed by atoms with Crippen LogP contribution in [0.1, 0.15) is 158 Å². The predicted octanol–water partition coefficient (Wildman–Crippen LogP) is -0.692. The van der Waals surface area contributed by atoms with Crippen LogP contribution in [0.4, 0.5) is 0 Å². The largest absolute Gasteiger partial charge is 0.368 e. The van der Waals surface area contributed by atoms with Crippen LogP contribution in [-0.4, -0.2) is 139 Å². The highest BCUT2D eigenvalue weighted by molar-refractivity contribution is 7.80. The first-order valence-electron chi connectivity index (χ1n) is 27.2. The molecule has 0 heterocycles. The second kappa shape index (κ2) is 39.7. The molecule has 75 heavy (non-hydrogen) atoms. The van der Waals surface area contributed by atoms with Gasteiger partial charge in [0.1, 0.15) is 48.3 Å². The van der Waals surface area contributed by atoms with Crippen LogP contribution in [0.15, 0.2) is 0 Å². The third kappa shape index (κ3) is 30.6. The number of nitrogens with one attached hydrogen (secondary N) is 8. The molecule has 9 amide bonds. The van der Waals surface area contributed by atoms with E-state index in [1.807, 2.05) is 55.4 Å². The van der Waals surface area contributed by atoms with Gasteiger partial charge in [-0.2, -0.15) is 12.6 Å². The summed E-state index contributed by atoms with van der Waals surface area (Å²) in [6, 6.07) is -9.88. The zero-order chi connectivity index (χ0) is 57.2. The van der Waals surface area contributed by atoms with E-state index in [1.165, 1.54) is 0 Å². The maximum absolute atomic E-state index is 14.3. The van der Waals surface area contributed by atoms with E-state index in [9.17, 15) is 43.2 Å². The molecule has 24 heteroatoms. The molecule has 434 valence electrons. The summed E-state index contributed by atoms with van der Waals surface area (Å²) in [4.78, 5) is 123. The Morgan fingerprint density at radius 2 is 0.547 bits per heavy atom. The number of hydrogen-bond donors (Lipinski definition) is 15. The van der Waals surface area contributed by atoms with E-state index in [0.717, 1.165) is 0 Å². The number of thiol groups is 1. The molecule has 0 saturated heterocycles. The van der Waals surface area contributed by atoms with Crippen molar-refractivity contribution in [2.24, 2.45) is 58.1 Å². The van der Waals surface area contributed by atoms with Crippen LogP contribution in [0.2, 0.25) is 0 Å². The summed E-state index contributed by atoms with van der Waals surface area (Å²) in [6.07, 6.45) is 5.49. The minimum atomic E-state index is -1.19. The lowest BCUT2D eigenvalue weighted by molar-refractivity contribution is -0.136. The van der Waals surface area contributed by atoms with Crippen LogP contribution >= 0.6 is 12.6 Å². The molecular weight excluding hydrogens is 985 g/mol. The summed E-state index contributed by atoms with van der Waals surface area (Å²) in [5.41, 5.74) is 34.6. The van der Waals surface area contributed by atoms with E-state index in [1.54, 1.807) is 0 Å². The van der Waals surface area contributed by atoms with Gasteiger partial charge in [-0.25, -0.2) is 0 Å². The fourth-order valence-electron chi connectivity index (χ4n) is 8.16. The standard InChI is InChI=1S/C51H100N14O9S/c1-30(2)25-34(56)44(67)62-39(26-31(3)4)49(72)60-35(17-9-13-21-52)45(68)58-37(19-11-15-23-54)47(70)63-41(28-33(7)8)51(74)64-40(27-32(5)6)50(73)61-36(18-10-14-22-53)46(69)59-38(20-12-16-24-55)48(71)65-42(29-75)43(57)66/h30-42,75H,9-29,52-56H2,1-8H3,(H2,57,66)(H,58,68)(H,59,69)(H,60,72)(H,61,73)(H,62,67)(H,63,70)(H,64,74)(H,65,71)/t34-,35-,36-,37-,38-,39-,40-,41-,42-/m0/s1. The molecule has 0 fully saturated rings. The van der Waals surface area contributed by atoms with E-state index in [2.05, 4.69) is 55.2 Å². The van der Waals surface area contributed by atoms with Gasteiger partial charge >= 0.3 is 0 Å². The van der Waals surface area contributed by atoms with E-state index >= 15 is 0 Å². The maximum atomic E-state index is 14.3. The van der Waals surface area contributed by atoms with Crippen LogP contribution < -0.4 is 76.9 Å². The van der Waals surface area contributed by atoms with Gasteiger partial charge in [0.05, 0.1) is 6.04 Å². The molecule has 9 atom stereocenters. The van der Waals surface area contributed by atoms with Crippen molar-refractivity contribution in [1.29, 1.82) is 0 Å². The number of carbonyl (C=O) groups excluding carboxylic acids is 9. The zero-order valence-electron chi connectivity index (χ0n) is 46.4. The van der Waals surface area contributed by atoms with Crippen molar-refractivity contribution in [3.8, 4) is 0 Å². The lowest BCUT2D eigenvalue weighted by Gasteiger charge is -2.29. The van der Waals surface area contributed by atoms with Gasteiger partial charge in [-0.15, -0.1) is 0 Å². The minimum Gasteiger partial charge on any atom is -0.368 e. The maximum Gasteiger partial charge on any atom is 0.243 e. The molecule has 0 radical (unpaired) electrons. The third-order valence-electron chi connectivity index (χ3n) is 12.2. The van der Waals surface area contributed by atoms with Gasteiger partial charge < -0.3 is 76.9 Å². The lowest BCUT2D eigenvalue weighted by Crippen LogP contribution is -2.60. The molecule has 0 saturated carbocycles. The van der Waals surface area contributed by atoms with E-state index in [4.69, 9.17) is 34.4 Å². The summed E-state index contributed by atoms with van der Waals surface area (Å²) in [7, 11) is 0. The average Bonchev–Trinajstić information content (AvgIpc) is 3.32. The Morgan fingerprint density at radius 3 is 0.760 bits per heavy atom. The Kier molecular flexibility index (Phi) is 37.3. The lowest BCUT2D eigenvalue weighted by atomic mass is 9.98. The van der Waals surface area contributed by atoms with Crippen molar-refractivity contribution < 1.29 is 43.2 Å². The fraction of sp³-hybridized carbons (Fsp3) is 0.824. The van der Waals surface area contributed by atoms with Gasteiger partial charge in [-0.1, -0.05) is 55.4 Å². The van der Waals surface area contributed by atoms with Crippen LogP contribution in [-0.2, 0) is 43.2 Å². The molecule has 23 nitrogen and oxygen atoms in total. The third-order valence-corrected chi connectivity index (χ3v) is 12.6. The van der Waals surface area contributed by atoms with Crippen molar-refractivity contribution in [2.75, 3.05) is 31.9 Å². The van der Waals surface area contributed by atoms with E-state index < -0.39 is 108 Å². The molecule has 20 N–H and O–H groups in total. The number of unbranched alkanes of at least 4 members (excludes halogenated alkanes) is 4. The predicted molar refractivity (Wildman–Crippen MR) is 296 cm³/mol. The minimum absolute atomic E-state index is 0.0105. The number of nitrogens with two attached hydrogens (primary N) is 6. The molecule has 0 unspecified atom stereocenters. The molecule has 0 aliphatic heterocycles. The first kappa shape index (κ1) is 70.4. The summed E-state index contributed by atoms with van der Waals surface area (Å²) in [5.74, 6) is -6.14. The summed E-state index contributed by atoms with van der Waals surface area (Å²) >= 11 is 4.10. The molecule has 0 aliphatic rings. The van der Waals surface area contributed by atoms with Gasteiger partial charge in [-0.05, 0) is 153 Å². The number of carbonyl (C=O) groups is 9. The highest BCUT2D eigenvalue weighted by Gasteiger charge is 2.35. The molecule has 0 aliphatic carbocycles. The van der Waals surface area contributed by atoms with Crippen molar-refractivity contribution >= 4 is 65.8 Å². The second-order valence-corrected chi connectivity index (χ2v) is 21.7. The summed E-state index contributed by atoms with van der Waals surface area (Å²) in [6.45, 7) is 16.4. The molecule has 0 spiro atoms. The summed E-state index contributed by atoms with van der Waals surface area (Å²) in [5, 5.41) is 22.1. The van der Waals surface area contributed by atoms with Crippen molar-refractivity contribution in [3.63, 3.8) is 0 Å². The van der Waals surface area contributed by atoms with Gasteiger partial charge in [0.25, 0.3) is 0 Å². The number of primary amides is 1. The van der Waals surface area contributed by atoms with Gasteiger partial charge in [-0.3, -0.25) is 43.2 Å². The van der Waals surface area contributed by atoms with E-state index in [0.29, 0.717) is 84.0 Å². The van der Waals surface area contributed by atoms with Crippen molar-refractivity contribution in [3.05, 3.63) is 0 Å². The van der Waals surface area contributed by atoms with Crippen molar-refractivity contribution in [2.45, 2.75) is 212 Å². The van der Waals surface area contributed by atoms with E-state index in [-0.39, 0.29) is 74.4 Å². The van der Waals surface area contributed by atoms with Crippen LogP contribution in [0.25, 0.3) is 0 Å². The van der Waals surface area contributed by atoms with Gasteiger partial charge in [0.2, 0.25) is 53.2 Å². The molecule has 0 rings (SSSR count). The number of hydrogen-bond acceptors (Lipinski definition) is 15. The monoisotopic (exact) mass is 1080 g/mol.